The molecule has 0 fully saturated rings. The van der Waals surface area contributed by atoms with Crippen molar-refractivity contribution in [2.45, 2.75) is 0 Å². The van der Waals surface area contributed by atoms with Crippen LogP contribution >= 0.6 is 830 Å². The standard InChI is InChI=1S/H106P104/c1-53-80(52)95(79(50)51)97(100(85(59(10)11)60(12)13)86(61(14)15)62(16)17)81(96(83(55(2)3)56(4)5)84(57(6)7)58(8)9)54-82(98(101(87(63(18)19)64(20)21)88(65(22)23)66(24)25)102(89(67(26)27)68(28)29)90(69(30)31)70(32)33)99(103(91(71(34)35)72(36)37)92(73(38)39)74(40)41)104(93(75(42)43)76(44)45)94(77(46)47)78(48)49/h53-54H,1-52H2. The summed E-state index contributed by atoms with van der Waals surface area (Å²) in [5, 5.41) is 0. The Morgan fingerprint density at radius 1 is 0.106 bits per heavy atom. The van der Waals surface area contributed by atoms with E-state index < -0.39 is 217 Å². The first-order chi connectivity index (χ1) is 47.4. The molecule has 0 aromatic rings. The van der Waals surface area contributed by atoms with Crippen molar-refractivity contribution in [3.8, 4) is 0 Å². The molecule has 0 aliphatic heterocycles. The van der Waals surface area contributed by atoms with E-state index in [4.69, 9.17) is 0 Å². The van der Waals surface area contributed by atoms with E-state index in [1.165, 1.54) is 0 Å². The molecule has 0 aliphatic carbocycles. The lowest BCUT2D eigenvalue weighted by Gasteiger charge is -2.61. The molecule has 0 aliphatic rings. The second kappa shape index (κ2) is 82.2. The third-order valence-corrected chi connectivity index (χ3v) is 747. The predicted octanol–water partition coefficient (Wildman–Crippen LogP) is 61.2. The normalized spacial score (nSPS) is 16.0. The first-order valence-electron chi connectivity index (χ1n) is 23.7. The highest BCUT2D eigenvalue weighted by Gasteiger charge is 2.64. The van der Waals surface area contributed by atoms with Crippen LogP contribution in [0.2, 0.25) is 0 Å². The molecule has 58 atom stereocenters. The highest BCUT2D eigenvalue weighted by molar-refractivity contribution is 9.58. The second-order valence-electron chi connectivity index (χ2n) is 16.6. The fourth-order valence-corrected chi connectivity index (χ4v) is 1540. The molecule has 0 nitrogen and oxygen atoms in total. The first kappa shape index (κ1) is 149. The lowest BCUT2D eigenvalue weighted by atomic mass is 28.4. The molecule has 0 saturated heterocycles. The van der Waals surface area contributed by atoms with Gasteiger partial charge in [-0.25, -0.2) is 0 Å². The topological polar surface area (TPSA) is 0 Å². The Bertz CT molecular complexity index is 1760. The lowest BCUT2D eigenvalue weighted by Crippen LogP contribution is -1.74. The van der Waals surface area contributed by atoms with Crippen molar-refractivity contribution in [1.29, 1.82) is 0 Å². The van der Waals surface area contributed by atoms with Crippen molar-refractivity contribution in [2.24, 2.45) is 0 Å². The quantitative estimate of drug-likeness (QED) is 0.0533. The Morgan fingerprint density at radius 3 is 0.288 bits per heavy atom. The molecular formula is H106P104. The average molecular weight is 3330 g/mol. The molecule has 0 radical (unpaired) electrons. The maximum Gasteiger partial charge on any atom is -0.000359 e. The predicted molar refractivity (Wildman–Crippen MR) is 868 cm³/mol. The SMILES string of the molecule is PPP(P)P(P(P)P)P(P(PP(P(P(P(P(P)P)P(P)P)P(P(P)P)P(P)P)P(P(P(P)P)P(P)P)P(P(P)P)P(P)P)P(P(P(P(P)P)P(P)P)P(P(P)P)P(P)P)P(P(P(P)P)P(P)P)P(P(P)P)P(P)P)P(P(P(P)P)P(P)P)P(P(P)P)P(P)P)P(P(P(P)P)P(P)P)P(P(P)P)P(P)P. The van der Waals surface area contributed by atoms with Crippen LogP contribution in [0.3, 0.4) is 0 Å². The molecule has 0 heterocycles. The van der Waals surface area contributed by atoms with Crippen molar-refractivity contribution in [3.05, 3.63) is 0 Å². The minimum atomic E-state index is -0.590. The molecule has 0 rings (SSSR count). The van der Waals surface area contributed by atoms with E-state index in [9.17, 15) is 0 Å². The van der Waals surface area contributed by atoms with E-state index in [2.05, 4.69) is 464 Å². The second-order valence-corrected chi connectivity index (χ2v) is 447. The Labute approximate surface area is 816 Å². The summed E-state index contributed by atoms with van der Waals surface area (Å²) in [4.78, 5) is 0. The van der Waals surface area contributed by atoms with E-state index in [1.807, 2.05) is 0 Å². The molecular weight excluding hydrogens is 3220 g/mol. The van der Waals surface area contributed by atoms with Crippen LogP contribution in [0, 0.1) is 0 Å². The third kappa shape index (κ3) is 52.9. The summed E-state index contributed by atoms with van der Waals surface area (Å²) in [6, 6.07) is 0. The molecule has 104 heteroatoms. The smallest absolute Gasteiger partial charge is 0.000359 e. The number of hydrogen-bond donors (Lipinski definition) is 0. The average Bonchev–Trinajstić information content (AvgIpc) is 3.42. The van der Waals surface area contributed by atoms with Gasteiger partial charge in [-0.3, -0.25) is 0 Å². The van der Waals surface area contributed by atoms with E-state index in [1.54, 1.807) is 0 Å². The van der Waals surface area contributed by atoms with Crippen LogP contribution in [0.5, 0.6) is 0 Å². The maximum absolute atomic E-state index is 3.91. The Kier molecular flexibility index (Phi) is 118. The van der Waals surface area contributed by atoms with Gasteiger partial charge in [0, 0.05) is 0 Å². The van der Waals surface area contributed by atoms with Crippen LogP contribution in [0.15, 0.2) is 0 Å². The molecule has 626 valence electrons. The first-order valence-corrected chi connectivity index (χ1v) is 214. The van der Waals surface area contributed by atoms with Crippen LogP contribution in [-0.2, 0) is 0 Å². The molecule has 0 saturated carbocycles. The van der Waals surface area contributed by atoms with E-state index >= 15 is 0 Å². The van der Waals surface area contributed by atoms with Crippen LogP contribution in [-0.4, -0.2) is 0 Å². The summed E-state index contributed by atoms with van der Waals surface area (Å²) in [5.74, 6) is 0. The lowest BCUT2D eigenvalue weighted by molar-refractivity contribution is 4.32. The Morgan fingerprint density at radius 2 is 0.192 bits per heavy atom. The maximum atomic E-state index is 3.91. The summed E-state index contributed by atoms with van der Waals surface area (Å²) >= 11 is 0. The van der Waals surface area contributed by atoms with Gasteiger partial charge in [0.15, 0.2) is 0 Å². The molecule has 0 bridgehead atoms. The van der Waals surface area contributed by atoms with Gasteiger partial charge in [0.2, 0.25) is 0 Å². The van der Waals surface area contributed by atoms with Crippen LogP contribution in [0.1, 0.15) is 0 Å². The van der Waals surface area contributed by atoms with Gasteiger partial charge in [0.1, 0.15) is 0 Å². The number of hydrogen-bond acceptors (Lipinski definition) is 0. The Hall–Kier alpha value is 44.7. The van der Waals surface area contributed by atoms with Gasteiger partial charge < -0.3 is 0 Å². The third-order valence-electron chi connectivity index (χ3n) is 9.23. The minimum absolute atomic E-state index is 0.325. The van der Waals surface area contributed by atoms with E-state index in [-0.39, 0.29) is 133 Å². The monoisotopic (exact) mass is 3330 g/mol. The summed E-state index contributed by atoms with van der Waals surface area (Å²) in [7, 11) is 198. The van der Waals surface area contributed by atoms with Gasteiger partial charge in [0.25, 0.3) is 0 Å². The zero-order valence-electron chi connectivity index (χ0n) is 53.4. The van der Waals surface area contributed by atoms with Gasteiger partial charge in [-0.2, -0.15) is 0 Å². The molecule has 0 spiro atoms. The zero-order chi connectivity index (χ0) is 82.3. The largest absolute Gasteiger partial charge is 0.109 e. The highest BCUT2D eigenvalue weighted by atomic mass is 33.6. The van der Waals surface area contributed by atoms with Gasteiger partial charge >= 0.3 is 0 Å². The molecule has 0 aromatic carbocycles. The van der Waals surface area contributed by atoms with Crippen LogP contribution in [0.25, 0.3) is 0 Å². The fourth-order valence-electron chi connectivity index (χ4n) is 6.34. The van der Waals surface area contributed by atoms with E-state index in [0.29, 0.717) is 0 Å². The molecule has 0 aromatic heterocycles. The van der Waals surface area contributed by atoms with Crippen molar-refractivity contribution in [3.63, 3.8) is 0 Å². The van der Waals surface area contributed by atoms with Gasteiger partial charge in [0.05, 0.1) is 0 Å². The van der Waals surface area contributed by atoms with Crippen molar-refractivity contribution >= 4 is 830 Å². The molecule has 0 amide bonds. The molecule has 58 unspecified atom stereocenters. The van der Waals surface area contributed by atoms with Crippen molar-refractivity contribution < 1.29 is 0 Å². The van der Waals surface area contributed by atoms with Crippen molar-refractivity contribution in [1.82, 2.24) is 0 Å². The fraction of sp³-hybridized carbons (Fsp3) is 0. The van der Waals surface area contributed by atoms with Crippen molar-refractivity contribution in [2.75, 3.05) is 0 Å². The highest BCUT2D eigenvalue weighted by Crippen LogP contribution is 3.52. The summed E-state index contributed by atoms with van der Waals surface area (Å²) < 4.78 is 0. The summed E-state index contributed by atoms with van der Waals surface area (Å²) in [6.45, 7) is -20.6. The van der Waals surface area contributed by atoms with Crippen LogP contribution < -0.4 is 0 Å². The van der Waals surface area contributed by atoms with Crippen LogP contribution in [0.4, 0.5) is 0 Å². The summed E-state index contributed by atoms with van der Waals surface area (Å²) in [5.41, 5.74) is 0. The van der Waals surface area contributed by atoms with Gasteiger partial charge in [-0.1, -0.05) is 7.96 Å². The van der Waals surface area contributed by atoms with E-state index in [0.717, 1.165) is 15.9 Å². The number of rotatable bonds is 51. The molecule has 104 heavy (non-hydrogen) atoms. The zero-order valence-corrected chi connectivity index (χ0v) is 160. The van der Waals surface area contributed by atoms with Gasteiger partial charge in [-0.05, 0) is 357 Å². The Balaban J connectivity index is 14.2. The van der Waals surface area contributed by atoms with Gasteiger partial charge in [-0.15, -0.1) is 464 Å². The summed E-state index contributed by atoms with van der Waals surface area (Å²) in [6.07, 6.45) is 0. The minimum Gasteiger partial charge on any atom is -0.109 e. The molecule has 0 N–H and O–H groups in total.